The van der Waals surface area contributed by atoms with Crippen LogP contribution in [-0.4, -0.2) is 495 Å². The lowest BCUT2D eigenvalue weighted by atomic mass is 9.80. The lowest BCUT2D eigenvalue weighted by molar-refractivity contribution is -0.375. The highest BCUT2D eigenvalue weighted by Crippen LogP contribution is 2.42. The molecular weight excluding hydrogens is 1780 g/mol. The number of methoxy groups -OCH3 is 22. The van der Waals surface area contributed by atoms with Crippen molar-refractivity contribution in [3.05, 3.63) is 47.1 Å². The number of aliphatic hydroxyl groups is 2. The van der Waals surface area contributed by atoms with Gasteiger partial charge in [0.2, 0.25) is 5.91 Å². The molecule has 0 aromatic carbocycles. The number of ketones is 1. The summed E-state index contributed by atoms with van der Waals surface area (Å²) in [5, 5.41) is 47.8. The van der Waals surface area contributed by atoms with E-state index < -0.39 is 226 Å². The molecule has 10 rings (SSSR count). The van der Waals surface area contributed by atoms with Gasteiger partial charge in [0.15, 0.2) is 37.2 Å². The fourth-order valence-electron chi connectivity index (χ4n) is 20.0. The third-order valence-electron chi connectivity index (χ3n) is 26.3. The molecule has 134 heavy (non-hydrogen) atoms. The number of nitrogens with one attached hydrogen (secondary N) is 3. The minimum absolute atomic E-state index is 0.00133. The predicted molar refractivity (Wildman–Crippen MR) is 463 cm³/mol. The molecule has 6 aliphatic heterocycles. The van der Waals surface area contributed by atoms with Gasteiger partial charge in [-0.25, -0.2) is 9.36 Å². The maximum atomic E-state index is 14.2. The lowest BCUT2D eigenvalue weighted by Gasteiger charge is -2.51. The van der Waals surface area contributed by atoms with Gasteiger partial charge >= 0.3 is 0 Å². The van der Waals surface area contributed by atoms with E-state index in [1.807, 2.05) is 26.0 Å². The van der Waals surface area contributed by atoms with Gasteiger partial charge in [-0.3, -0.25) is 9.59 Å². The molecule has 0 saturated carbocycles. The number of carbonyl (C=O) groups excluding carboxylic acids is 2. The van der Waals surface area contributed by atoms with Crippen LogP contribution < -0.4 is 16.0 Å². The van der Waals surface area contributed by atoms with Gasteiger partial charge < -0.3 is 187 Å². The summed E-state index contributed by atoms with van der Waals surface area (Å²) in [5.41, 5.74) is 2.67. The first-order valence-corrected chi connectivity index (χ1v) is 44.9. The number of rotatable bonds is 56. The molecule has 1 amide bonds. The molecular formula is C87H149N9O38. The van der Waals surface area contributed by atoms with E-state index in [9.17, 15) is 19.8 Å². The number of ether oxygens (including phenoxy) is 34. The molecule has 6 saturated heterocycles. The van der Waals surface area contributed by atoms with Gasteiger partial charge in [0, 0.05) is 175 Å². The van der Waals surface area contributed by atoms with Gasteiger partial charge in [0.25, 0.3) is 0 Å². The van der Waals surface area contributed by atoms with Crippen molar-refractivity contribution in [2.45, 2.75) is 267 Å². The Morgan fingerprint density at radius 1 is 0.351 bits per heavy atom. The maximum absolute atomic E-state index is 14.2. The average Bonchev–Trinajstić information content (AvgIpc) is 0.841. The van der Waals surface area contributed by atoms with Crippen LogP contribution in [0, 0.1) is 11.8 Å². The molecule has 0 radical (unpaired) electrons. The first kappa shape index (κ1) is 111. The second kappa shape index (κ2) is 55.7. The molecule has 2 aromatic rings. The Morgan fingerprint density at radius 3 is 1.03 bits per heavy atom. The molecule has 38 atom stereocenters. The van der Waals surface area contributed by atoms with Crippen LogP contribution in [0.25, 0.3) is 0 Å². The number of hydrogen-bond donors (Lipinski definition) is 5. The van der Waals surface area contributed by atoms with Crippen LogP contribution in [0.4, 0.5) is 0 Å². The highest BCUT2D eigenvalue weighted by Gasteiger charge is 2.60. The van der Waals surface area contributed by atoms with Crippen molar-refractivity contribution in [3.8, 4) is 0 Å². The van der Waals surface area contributed by atoms with Gasteiger partial charge in [0.1, 0.15) is 147 Å². The van der Waals surface area contributed by atoms with Crippen LogP contribution >= 0.6 is 0 Å². The topological polar surface area (TPSA) is 486 Å². The Labute approximate surface area is 783 Å². The Hall–Kier alpha value is -4.62. The second-order valence-electron chi connectivity index (χ2n) is 33.8. The largest absolute Gasteiger partial charge is 0.396 e. The highest BCUT2D eigenvalue weighted by molar-refractivity contribution is 5.79. The summed E-state index contributed by atoms with van der Waals surface area (Å²) in [6.45, 7) is 3.67. The molecule has 47 heteroatoms. The number of aromatic nitrogens is 6. The van der Waals surface area contributed by atoms with Crippen LogP contribution in [0.1, 0.15) is 31.7 Å². The number of carbonyl (C=O) groups is 2. The van der Waals surface area contributed by atoms with Gasteiger partial charge in [-0.05, 0) is 25.0 Å². The van der Waals surface area contributed by atoms with E-state index in [0.29, 0.717) is 11.4 Å². The quantitative estimate of drug-likeness (QED) is 0.0338. The number of amides is 1. The van der Waals surface area contributed by atoms with Crippen LogP contribution in [0.15, 0.2) is 35.7 Å². The molecule has 2 aromatic heterocycles. The van der Waals surface area contributed by atoms with Crippen molar-refractivity contribution < 1.29 is 181 Å². The number of hydrogen-bond acceptors (Lipinski definition) is 44. The van der Waals surface area contributed by atoms with E-state index in [4.69, 9.17) is 161 Å². The average molecular weight is 1930 g/mol. The Balaban J connectivity index is 0.701. The van der Waals surface area contributed by atoms with Crippen LogP contribution in [0.3, 0.4) is 0 Å². The van der Waals surface area contributed by atoms with Crippen molar-refractivity contribution in [1.29, 1.82) is 0 Å². The molecule has 47 nitrogen and oxygen atoms in total. The van der Waals surface area contributed by atoms with Gasteiger partial charge in [-0.1, -0.05) is 22.6 Å². The summed E-state index contributed by atoms with van der Waals surface area (Å²) < 4.78 is 215. The van der Waals surface area contributed by atoms with Crippen molar-refractivity contribution in [1.82, 2.24) is 45.9 Å². The molecule has 6 fully saturated rings. The molecule has 0 bridgehead atoms. The minimum atomic E-state index is -1.19. The predicted octanol–water partition coefficient (Wildman–Crippen LogP) is -2.48. The SMILES string of the molecule is COCC1=CC(NC2C(C)OC(OC3C(COC)OC(OC4C(COC)OC(CC(=O)Cn5nncc5COCCOCc5cnnn5CC(=O)NC5OC(COC)C(OC6OC(COC)C(OC7OC(C)C(NC8C=C(COC)C(CO)C(OC)C8OC)C(OC)C7OC)C(OC)C6OC)C(OC)C5OC)C(OC)C4OC)C(OC)C3OC)C(OC)C2OC)C(OC)C(OC)C1CO. The summed E-state index contributed by atoms with van der Waals surface area (Å²) in [5.74, 6) is -1.52. The first-order chi connectivity index (χ1) is 65.1. The zero-order chi connectivity index (χ0) is 97.0. The summed E-state index contributed by atoms with van der Waals surface area (Å²) in [6.07, 6.45) is -20.4. The van der Waals surface area contributed by atoms with Crippen molar-refractivity contribution in [2.75, 3.05) is 222 Å². The molecule has 8 heterocycles. The highest BCUT2D eigenvalue weighted by atomic mass is 16.8. The standard InChI is InChI=1S/C87H149N9O38/c1-44-61(90-53-27-46(36-101-3)51(34-97)63(107-9)65(53)109-11)72(112-14)79(119-21)84(125-44)131-70-58(42-105-7)129-86(81(121-23)76(70)116-18)133-68-56(40-103-5)127-55(67(111-13)74(68)114-16)29-50(99)32-95-48(30-88-93-95)38-123-25-26-124-39-49-31-89-94-96(49)33-60(100)92-83-78(118-20)75(115-17)69(57(128-83)41-104-6)134-87-82(122-24)77(117-19)71(59(130-87)43-106-8)132-85-80(120-22)73(113-15)62(45(2)126-85)91-54-28-47(37-102-4)52(35-98)64(108-10)66(54)110-12/h27-28,30-31,44-45,51-59,61-87,90-91,97-98H,25-26,29,32-43H2,1-24H3,(H,92,100). The second-order valence-corrected chi connectivity index (χ2v) is 33.8. The normalized spacial score (nSPS) is 38.3. The summed E-state index contributed by atoms with van der Waals surface area (Å²) >= 11 is 0. The smallest absolute Gasteiger partial charge is 0.243 e. The van der Waals surface area contributed by atoms with E-state index in [1.54, 1.807) is 71.1 Å². The molecule has 5 N–H and O–H groups in total. The monoisotopic (exact) mass is 1930 g/mol. The van der Waals surface area contributed by atoms with Crippen LogP contribution in [0.5, 0.6) is 0 Å². The zero-order valence-electron chi connectivity index (χ0n) is 81.6. The number of aliphatic hydroxyl groups excluding tert-OH is 2. The fraction of sp³-hybridized carbons (Fsp3) is 0.885. The van der Waals surface area contributed by atoms with E-state index in [-0.39, 0.29) is 116 Å². The number of Topliss-reactive ketones (excluding diaryl/α,β-unsaturated/α-hetero) is 1. The summed E-state index contributed by atoms with van der Waals surface area (Å²) in [6, 6.07) is -1.84. The van der Waals surface area contributed by atoms with Crippen LogP contribution in [-0.2, 0) is 197 Å². The van der Waals surface area contributed by atoms with E-state index in [0.717, 1.165) is 11.1 Å². The molecule has 38 unspecified atom stereocenters. The van der Waals surface area contributed by atoms with E-state index in [1.165, 1.54) is 107 Å². The summed E-state index contributed by atoms with van der Waals surface area (Å²) in [7, 11) is 33.9. The first-order valence-electron chi connectivity index (χ1n) is 44.9. The van der Waals surface area contributed by atoms with E-state index in [2.05, 4.69) is 36.6 Å². The Morgan fingerprint density at radius 2 is 0.679 bits per heavy atom. The van der Waals surface area contributed by atoms with Gasteiger partial charge in [-0.2, -0.15) is 0 Å². The zero-order valence-corrected chi connectivity index (χ0v) is 81.6. The molecule has 770 valence electrons. The van der Waals surface area contributed by atoms with Crippen molar-refractivity contribution in [3.63, 3.8) is 0 Å². The Bertz CT molecular complexity index is 3530. The summed E-state index contributed by atoms with van der Waals surface area (Å²) in [4.78, 5) is 28.4. The maximum Gasteiger partial charge on any atom is 0.243 e. The van der Waals surface area contributed by atoms with E-state index >= 15 is 0 Å². The van der Waals surface area contributed by atoms with Gasteiger partial charge in [0.05, 0.1) is 158 Å². The molecule has 0 spiro atoms. The third-order valence-corrected chi connectivity index (χ3v) is 26.3. The fourth-order valence-corrected chi connectivity index (χ4v) is 20.0. The Kier molecular flexibility index (Phi) is 46.3. The lowest BCUT2D eigenvalue weighted by Crippen LogP contribution is -2.70. The van der Waals surface area contributed by atoms with Crippen molar-refractivity contribution >= 4 is 11.7 Å². The van der Waals surface area contributed by atoms with Gasteiger partial charge in [-0.15, -0.1) is 10.2 Å². The third kappa shape index (κ3) is 26.3. The molecule has 8 aliphatic rings. The number of nitrogens with zero attached hydrogens (tertiary/aromatic N) is 6. The van der Waals surface area contributed by atoms with Crippen molar-refractivity contribution in [2.24, 2.45) is 11.8 Å². The minimum Gasteiger partial charge on any atom is -0.396 e. The van der Waals surface area contributed by atoms with Crippen LogP contribution in [0.2, 0.25) is 0 Å². The molecule has 2 aliphatic carbocycles.